The zero-order chi connectivity index (χ0) is 29.6. The van der Waals surface area contributed by atoms with Gasteiger partial charge in [0, 0.05) is 11.4 Å². The van der Waals surface area contributed by atoms with Crippen LogP contribution >= 0.6 is 0 Å². The highest BCUT2D eigenvalue weighted by Gasteiger charge is 2.05. The monoisotopic (exact) mass is 560 g/mol. The SMILES string of the molecule is CCCCCc1cc(Cc2ccc(CCCCc3ccc(Cc4ccc(N)c(CCCCC)c4)cc3)cc2)ccc1N. The molecule has 0 saturated heterocycles. The van der Waals surface area contributed by atoms with Gasteiger partial charge in [-0.25, -0.2) is 0 Å². The van der Waals surface area contributed by atoms with Gasteiger partial charge in [-0.3, -0.25) is 0 Å². The largest absolute Gasteiger partial charge is 0.399 e. The van der Waals surface area contributed by atoms with E-state index in [1.165, 1.54) is 95.9 Å². The lowest BCUT2D eigenvalue weighted by Crippen LogP contribution is -1.98. The molecule has 4 rings (SSSR count). The summed E-state index contributed by atoms with van der Waals surface area (Å²) < 4.78 is 0. The van der Waals surface area contributed by atoms with Crippen LogP contribution in [0.1, 0.15) is 110 Å². The minimum atomic E-state index is 0.936. The van der Waals surface area contributed by atoms with Gasteiger partial charge < -0.3 is 11.5 Å². The van der Waals surface area contributed by atoms with Crippen molar-refractivity contribution in [1.82, 2.24) is 0 Å². The first-order valence-electron chi connectivity index (χ1n) is 16.4. The normalized spacial score (nSPS) is 11.2. The maximum absolute atomic E-state index is 6.24. The lowest BCUT2D eigenvalue weighted by atomic mass is 9.97. The number of hydrogen-bond acceptors (Lipinski definition) is 2. The van der Waals surface area contributed by atoms with Crippen LogP contribution in [-0.4, -0.2) is 0 Å². The Kier molecular flexibility index (Phi) is 12.6. The fraction of sp³-hybridized carbons (Fsp3) is 0.400. The second-order valence-corrected chi connectivity index (χ2v) is 12.2. The molecule has 4 N–H and O–H groups in total. The number of benzene rings is 4. The van der Waals surface area contributed by atoms with E-state index in [-0.39, 0.29) is 0 Å². The van der Waals surface area contributed by atoms with E-state index >= 15 is 0 Å². The van der Waals surface area contributed by atoms with Gasteiger partial charge in [-0.1, -0.05) is 112 Å². The number of hydrogen-bond donors (Lipinski definition) is 2. The average Bonchev–Trinajstić information content (AvgIpc) is 3.00. The zero-order valence-electron chi connectivity index (χ0n) is 26.1. The average molecular weight is 561 g/mol. The first-order valence-corrected chi connectivity index (χ1v) is 16.4. The van der Waals surface area contributed by atoms with Gasteiger partial charge in [-0.05, 0) is 121 Å². The van der Waals surface area contributed by atoms with E-state index in [4.69, 9.17) is 11.5 Å². The standard InChI is InChI=1S/C40H52N2/c1-3-5-7-13-37-29-35(23-25-39(37)41)27-33-19-15-31(16-20-33)11-9-10-12-32-17-21-34(22-18-32)28-36-24-26-40(42)38(30-36)14-8-6-4-2/h15-26,29-30H,3-14,27-28,41-42H2,1-2H3. The molecule has 0 unspecified atom stereocenters. The molecule has 0 spiro atoms. The van der Waals surface area contributed by atoms with Crippen molar-refractivity contribution in [2.75, 3.05) is 11.5 Å². The van der Waals surface area contributed by atoms with Crippen molar-refractivity contribution in [3.63, 3.8) is 0 Å². The van der Waals surface area contributed by atoms with Crippen molar-refractivity contribution in [2.45, 2.75) is 104 Å². The van der Waals surface area contributed by atoms with E-state index in [9.17, 15) is 0 Å². The molecule has 0 amide bonds. The summed E-state index contributed by atoms with van der Waals surface area (Å²) >= 11 is 0. The summed E-state index contributed by atoms with van der Waals surface area (Å²) in [5.41, 5.74) is 25.3. The van der Waals surface area contributed by atoms with Gasteiger partial charge in [0.1, 0.15) is 0 Å². The second kappa shape index (κ2) is 16.8. The molecule has 0 aliphatic carbocycles. The molecule has 42 heavy (non-hydrogen) atoms. The van der Waals surface area contributed by atoms with Gasteiger partial charge in [0.15, 0.2) is 0 Å². The first-order chi connectivity index (χ1) is 20.5. The maximum atomic E-state index is 6.24. The topological polar surface area (TPSA) is 52.0 Å². The first kappa shape index (κ1) is 31.4. The maximum Gasteiger partial charge on any atom is 0.0346 e. The van der Waals surface area contributed by atoms with Gasteiger partial charge in [0.2, 0.25) is 0 Å². The third kappa shape index (κ3) is 10.1. The molecule has 0 aromatic heterocycles. The Morgan fingerprint density at radius 1 is 0.381 bits per heavy atom. The molecule has 2 heteroatoms. The molecule has 0 radical (unpaired) electrons. The molecule has 0 atom stereocenters. The van der Waals surface area contributed by atoms with E-state index in [0.29, 0.717) is 0 Å². The number of nitrogen functional groups attached to an aromatic ring is 2. The van der Waals surface area contributed by atoms with Crippen LogP contribution in [0.4, 0.5) is 11.4 Å². The number of aryl methyl sites for hydroxylation is 4. The van der Waals surface area contributed by atoms with Crippen LogP contribution in [0.2, 0.25) is 0 Å². The predicted molar refractivity (Wildman–Crippen MR) is 183 cm³/mol. The fourth-order valence-corrected chi connectivity index (χ4v) is 5.88. The summed E-state index contributed by atoms with van der Waals surface area (Å²) in [5.74, 6) is 0. The Bertz CT molecular complexity index is 1240. The van der Waals surface area contributed by atoms with Gasteiger partial charge >= 0.3 is 0 Å². The lowest BCUT2D eigenvalue weighted by molar-refractivity contribution is 0.718. The molecule has 0 aliphatic rings. The highest BCUT2D eigenvalue weighted by atomic mass is 14.6. The van der Waals surface area contributed by atoms with Gasteiger partial charge in [0.25, 0.3) is 0 Å². The zero-order valence-corrected chi connectivity index (χ0v) is 26.1. The van der Waals surface area contributed by atoms with Crippen molar-refractivity contribution in [1.29, 1.82) is 0 Å². The molecular formula is C40H52N2. The Balaban J connectivity index is 1.19. The third-order valence-electron chi connectivity index (χ3n) is 8.56. The van der Waals surface area contributed by atoms with Crippen LogP contribution in [0, 0.1) is 0 Å². The third-order valence-corrected chi connectivity index (χ3v) is 8.56. The second-order valence-electron chi connectivity index (χ2n) is 12.2. The molecule has 4 aromatic rings. The molecule has 0 saturated carbocycles. The van der Waals surface area contributed by atoms with Crippen molar-refractivity contribution in [3.8, 4) is 0 Å². The summed E-state index contributed by atoms with van der Waals surface area (Å²) in [6.45, 7) is 4.49. The van der Waals surface area contributed by atoms with Gasteiger partial charge in [0.05, 0.1) is 0 Å². The van der Waals surface area contributed by atoms with E-state index < -0.39 is 0 Å². The van der Waals surface area contributed by atoms with Crippen LogP contribution < -0.4 is 11.5 Å². The molecule has 2 nitrogen and oxygen atoms in total. The van der Waals surface area contributed by atoms with E-state index in [1.54, 1.807) is 0 Å². The summed E-state index contributed by atoms with van der Waals surface area (Å²) in [5, 5.41) is 0. The number of nitrogens with two attached hydrogens (primary N) is 2. The summed E-state index contributed by atoms with van der Waals surface area (Å²) in [7, 11) is 0. The molecule has 0 fully saturated rings. The van der Waals surface area contributed by atoms with Crippen LogP contribution in [0.25, 0.3) is 0 Å². The molecule has 0 heterocycles. The lowest BCUT2D eigenvalue weighted by Gasteiger charge is -2.10. The minimum Gasteiger partial charge on any atom is -0.399 e. The highest BCUT2D eigenvalue weighted by molar-refractivity contribution is 5.50. The quantitative estimate of drug-likeness (QED) is 0.0997. The van der Waals surface area contributed by atoms with Crippen LogP contribution in [0.5, 0.6) is 0 Å². The molecule has 4 aromatic carbocycles. The van der Waals surface area contributed by atoms with Crippen LogP contribution in [0.15, 0.2) is 84.9 Å². The minimum absolute atomic E-state index is 0.936. The van der Waals surface area contributed by atoms with Crippen molar-refractivity contribution in [3.05, 3.63) is 129 Å². The van der Waals surface area contributed by atoms with E-state index in [2.05, 4.69) is 98.8 Å². The van der Waals surface area contributed by atoms with Gasteiger partial charge in [-0.15, -0.1) is 0 Å². The Hall–Kier alpha value is -3.52. The van der Waals surface area contributed by atoms with Crippen molar-refractivity contribution in [2.24, 2.45) is 0 Å². The molecule has 222 valence electrons. The Morgan fingerprint density at radius 2 is 0.714 bits per heavy atom. The number of rotatable bonds is 17. The summed E-state index contributed by atoms with van der Waals surface area (Å²) in [4.78, 5) is 0. The molecular weight excluding hydrogens is 508 g/mol. The Labute approximate surface area is 255 Å². The van der Waals surface area contributed by atoms with Gasteiger partial charge in [-0.2, -0.15) is 0 Å². The summed E-state index contributed by atoms with van der Waals surface area (Å²) in [6, 6.07) is 31.6. The predicted octanol–water partition coefficient (Wildman–Crippen LogP) is 10.1. The summed E-state index contributed by atoms with van der Waals surface area (Å²) in [6.07, 6.45) is 16.3. The number of unbranched alkanes of at least 4 members (excludes halogenated alkanes) is 5. The van der Waals surface area contributed by atoms with E-state index in [0.717, 1.165) is 49.9 Å². The number of anilines is 2. The van der Waals surface area contributed by atoms with Crippen molar-refractivity contribution >= 4 is 11.4 Å². The Morgan fingerprint density at radius 3 is 1.10 bits per heavy atom. The van der Waals surface area contributed by atoms with Crippen LogP contribution in [0.3, 0.4) is 0 Å². The molecule has 0 bridgehead atoms. The van der Waals surface area contributed by atoms with Crippen molar-refractivity contribution < 1.29 is 0 Å². The molecule has 0 aliphatic heterocycles. The highest BCUT2D eigenvalue weighted by Crippen LogP contribution is 2.22. The van der Waals surface area contributed by atoms with Crippen LogP contribution in [-0.2, 0) is 38.5 Å². The fourth-order valence-electron chi connectivity index (χ4n) is 5.88. The van der Waals surface area contributed by atoms with E-state index in [1.807, 2.05) is 0 Å². The smallest absolute Gasteiger partial charge is 0.0346 e.